The molecule has 6 nitrogen and oxygen atoms in total. The first-order chi connectivity index (χ1) is 17.0. The van der Waals surface area contributed by atoms with Crippen LogP contribution in [0.15, 0.2) is 54.6 Å². The number of esters is 1. The van der Waals surface area contributed by atoms with Crippen molar-refractivity contribution in [3.8, 4) is 17.2 Å². The Morgan fingerprint density at radius 1 is 0.861 bits per heavy atom. The molecule has 0 aliphatic carbocycles. The average Bonchev–Trinajstić information content (AvgIpc) is 2.82. The Kier molecular flexibility index (Phi) is 8.75. The lowest BCUT2D eigenvalue weighted by atomic mass is 9.93. The molecule has 3 aromatic rings. The van der Waals surface area contributed by atoms with Crippen LogP contribution in [-0.2, 0) is 22.4 Å². The highest BCUT2D eigenvalue weighted by atomic mass is 16.6. The van der Waals surface area contributed by atoms with Crippen molar-refractivity contribution in [3.63, 3.8) is 0 Å². The largest absolute Gasteiger partial charge is 0.508 e. The quantitative estimate of drug-likeness (QED) is 0.269. The van der Waals surface area contributed by atoms with Gasteiger partial charge in [0.05, 0.1) is 5.92 Å². The zero-order chi connectivity index (χ0) is 26.4. The van der Waals surface area contributed by atoms with Gasteiger partial charge in [0, 0.05) is 0 Å². The molecule has 0 radical (unpaired) electrons. The van der Waals surface area contributed by atoms with E-state index in [1.807, 2.05) is 32.0 Å². The third kappa shape index (κ3) is 7.11. The normalized spacial score (nSPS) is 11.8. The summed E-state index contributed by atoms with van der Waals surface area (Å²) in [5.74, 6) is -0.315. The number of hydrogen-bond donors (Lipinski definition) is 2. The Bertz CT molecular complexity index is 1200. The number of benzene rings is 3. The van der Waals surface area contributed by atoms with Gasteiger partial charge >= 0.3 is 11.9 Å². The second-order valence-corrected chi connectivity index (χ2v) is 9.61. The van der Waals surface area contributed by atoms with E-state index in [4.69, 9.17) is 14.6 Å². The predicted octanol–water partition coefficient (Wildman–Crippen LogP) is 5.97. The molecule has 2 N–H and O–H groups in total. The van der Waals surface area contributed by atoms with E-state index in [0.29, 0.717) is 23.7 Å². The summed E-state index contributed by atoms with van der Waals surface area (Å²) in [4.78, 5) is 23.3. The number of aromatic hydroxyl groups is 1. The van der Waals surface area contributed by atoms with Crippen molar-refractivity contribution in [1.29, 1.82) is 0 Å². The maximum atomic E-state index is 12.3. The molecule has 0 aliphatic rings. The summed E-state index contributed by atoms with van der Waals surface area (Å²) in [6, 6.07) is 16.4. The lowest BCUT2D eigenvalue weighted by molar-refractivity contribution is -0.141. The number of hydrogen-bond acceptors (Lipinski definition) is 5. The first-order valence-corrected chi connectivity index (χ1v) is 12.1. The molecule has 1 atom stereocenters. The summed E-state index contributed by atoms with van der Waals surface area (Å²) in [5.41, 5.74) is 6.23. The van der Waals surface area contributed by atoms with Crippen LogP contribution in [0.3, 0.4) is 0 Å². The fourth-order valence-electron chi connectivity index (χ4n) is 4.13. The van der Waals surface area contributed by atoms with Crippen LogP contribution in [0.1, 0.15) is 60.1 Å². The van der Waals surface area contributed by atoms with Crippen LogP contribution in [0.5, 0.6) is 17.2 Å². The maximum absolute atomic E-state index is 12.3. The monoisotopic (exact) mass is 490 g/mol. The van der Waals surface area contributed by atoms with Gasteiger partial charge in [-0.3, -0.25) is 4.79 Å². The molecule has 0 bridgehead atoms. The summed E-state index contributed by atoms with van der Waals surface area (Å²) in [7, 11) is 0. The molecule has 3 aromatic carbocycles. The van der Waals surface area contributed by atoms with Gasteiger partial charge in [-0.1, -0.05) is 45.0 Å². The van der Waals surface area contributed by atoms with Crippen molar-refractivity contribution >= 4 is 11.9 Å². The summed E-state index contributed by atoms with van der Waals surface area (Å²) in [6.07, 6.45) is 1.15. The van der Waals surface area contributed by atoms with Gasteiger partial charge in [-0.05, 0) is 96.3 Å². The standard InChI is InChI=1S/C30H34O6/c1-18(2)26-15-23(8-11-28(26)31)16-27-19(3)13-25(14-20(27)4)35-17-29(32)36-24-9-6-22(7-10-24)12-21(5)30(33)34/h6-11,13-15,18,21,31H,12,16-17H2,1-5H3,(H,33,34)/t21-/m0/s1. The van der Waals surface area contributed by atoms with Crippen molar-refractivity contribution in [2.24, 2.45) is 5.92 Å². The van der Waals surface area contributed by atoms with Crippen molar-refractivity contribution in [2.75, 3.05) is 6.61 Å². The van der Waals surface area contributed by atoms with Gasteiger partial charge in [-0.25, -0.2) is 4.79 Å². The van der Waals surface area contributed by atoms with E-state index in [-0.39, 0.29) is 12.5 Å². The van der Waals surface area contributed by atoms with E-state index in [2.05, 4.69) is 19.9 Å². The van der Waals surface area contributed by atoms with Crippen molar-refractivity contribution in [3.05, 3.63) is 88.0 Å². The van der Waals surface area contributed by atoms with Crippen LogP contribution in [0.2, 0.25) is 0 Å². The van der Waals surface area contributed by atoms with Crippen LogP contribution in [0.25, 0.3) is 0 Å². The van der Waals surface area contributed by atoms with Gasteiger partial charge in [0.1, 0.15) is 17.2 Å². The second-order valence-electron chi connectivity index (χ2n) is 9.61. The van der Waals surface area contributed by atoms with Gasteiger partial charge in [0.2, 0.25) is 0 Å². The number of aliphatic carboxylic acids is 1. The summed E-state index contributed by atoms with van der Waals surface area (Å²) in [5, 5.41) is 19.1. The first-order valence-electron chi connectivity index (χ1n) is 12.1. The van der Waals surface area contributed by atoms with Crippen LogP contribution >= 0.6 is 0 Å². The maximum Gasteiger partial charge on any atom is 0.349 e. The van der Waals surface area contributed by atoms with E-state index in [1.165, 1.54) is 5.56 Å². The number of phenols is 1. The van der Waals surface area contributed by atoms with E-state index in [1.54, 1.807) is 37.3 Å². The fraction of sp³-hybridized carbons (Fsp3) is 0.333. The molecule has 36 heavy (non-hydrogen) atoms. The molecule has 0 saturated heterocycles. The highest BCUT2D eigenvalue weighted by molar-refractivity contribution is 5.74. The third-order valence-electron chi connectivity index (χ3n) is 6.24. The van der Waals surface area contributed by atoms with Gasteiger partial charge in [-0.15, -0.1) is 0 Å². The van der Waals surface area contributed by atoms with E-state index in [0.717, 1.165) is 34.2 Å². The summed E-state index contributed by atoms with van der Waals surface area (Å²) in [6.45, 7) is 9.58. The number of carbonyl (C=O) groups is 2. The molecule has 0 unspecified atom stereocenters. The topological polar surface area (TPSA) is 93.1 Å². The Labute approximate surface area is 212 Å². The number of carbonyl (C=O) groups excluding carboxylic acids is 1. The molecule has 0 saturated carbocycles. The number of phenolic OH excluding ortho intramolecular Hbond substituents is 1. The number of aryl methyl sites for hydroxylation is 2. The highest BCUT2D eigenvalue weighted by Crippen LogP contribution is 2.29. The van der Waals surface area contributed by atoms with Gasteiger partial charge < -0.3 is 19.7 Å². The number of carboxylic acids is 1. The van der Waals surface area contributed by atoms with Crippen LogP contribution in [0, 0.1) is 19.8 Å². The number of ether oxygens (including phenoxy) is 2. The third-order valence-corrected chi connectivity index (χ3v) is 6.24. The molecule has 0 aliphatic heterocycles. The molecule has 3 rings (SSSR count). The molecular weight excluding hydrogens is 456 g/mol. The molecule has 6 heteroatoms. The van der Waals surface area contributed by atoms with Crippen LogP contribution in [0.4, 0.5) is 0 Å². The molecule has 0 amide bonds. The molecule has 0 spiro atoms. The van der Waals surface area contributed by atoms with Crippen molar-refractivity contribution in [1.82, 2.24) is 0 Å². The Hall–Kier alpha value is -3.80. The second kappa shape index (κ2) is 11.8. The minimum atomic E-state index is -0.846. The van der Waals surface area contributed by atoms with Crippen LogP contribution < -0.4 is 9.47 Å². The predicted molar refractivity (Wildman–Crippen MR) is 139 cm³/mol. The SMILES string of the molecule is Cc1cc(OCC(=O)Oc2ccc(C[C@H](C)C(=O)O)cc2)cc(C)c1Cc1ccc(O)c(C(C)C)c1. The van der Waals surface area contributed by atoms with Crippen LogP contribution in [-0.4, -0.2) is 28.8 Å². The van der Waals surface area contributed by atoms with Crippen molar-refractivity contribution in [2.45, 2.75) is 53.4 Å². The lowest BCUT2D eigenvalue weighted by Gasteiger charge is -2.15. The Balaban J connectivity index is 1.59. The van der Waals surface area contributed by atoms with Gasteiger partial charge in [-0.2, -0.15) is 0 Å². The lowest BCUT2D eigenvalue weighted by Crippen LogP contribution is -2.18. The number of rotatable bonds is 10. The van der Waals surface area contributed by atoms with Gasteiger partial charge in [0.25, 0.3) is 0 Å². The average molecular weight is 491 g/mol. The molecule has 0 fully saturated rings. The molecule has 0 heterocycles. The molecule has 190 valence electrons. The first kappa shape index (κ1) is 26.8. The van der Waals surface area contributed by atoms with E-state index in [9.17, 15) is 14.7 Å². The Morgan fingerprint density at radius 3 is 2.06 bits per heavy atom. The van der Waals surface area contributed by atoms with Gasteiger partial charge in [0.15, 0.2) is 6.61 Å². The zero-order valence-corrected chi connectivity index (χ0v) is 21.5. The molecule has 0 aromatic heterocycles. The Morgan fingerprint density at radius 2 is 1.47 bits per heavy atom. The van der Waals surface area contributed by atoms with E-state index < -0.39 is 17.9 Å². The minimum absolute atomic E-state index is 0.230. The number of carboxylic acid groups (broad SMARTS) is 1. The van der Waals surface area contributed by atoms with Crippen molar-refractivity contribution < 1.29 is 29.3 Å². The fourth-order valence-corrected chi connectivity index (χ4v) is 4.13. The smallest absolute Gasteiger partial charge is 0.349 e. The summed E-state index contributed by atoms with van der Waals surface area (Å²) < 4.78 is 11.0. The minimum Gasteiger partial charge on any atom is -0.508 e. The highest BCUT2D eigenvalue weighted by Gasteiger charge is 2.14. The zero-order valence-electron chi connectivity index (χ0n) is 21.5. The van der Waals surface area contributed by atoms with E-state index >= 15 is 0 Å². The summed E-state index contributed by atoms with van der Waals surface area (Å²) >= 11 is 0. The molecular formula is C30H34O6.